The average Bonchev–Trinajstić information content (AvgIpc) is 2.37. The van der Waals surface area contributed by atoms with Crippen LogP contribution in [0.4, 0.5) is 0 Å². The van der Waals surface area contributed by atoms with Crippen LogP contribution >= 0.6 is 23.6 Å². The van der Waals surface area contributed by atoms with Crippen molar-refractivity contribution in [3.8, 4) is 0 Å². The summed E-state index contributed by atoms with van der Waals surface area (Å²) in [5.41, 5.74) is 5.27. The van der Waals surface area contributed by atoms with Gasteiger partial charge >= 0.3 is 0 Å². The Kier molecular flexibility index (Phi) is 3.33. The molecule has 0 aromatic carbocycles. The molecule has 0 aliphatic carbocycles. The van der Waals surface area contributed by atoms with Gasteiger partial charge in [0.25, 0.3) is 0 Å². The highest BCUT2D eigenvalue weighted by Gasteiger charge is 2.15. The van der Waals surface area contributed by atoms with Crippen molar-refractivity contribution in [2.24, 2.45) is 5.73 Å². The highest BCUT2D eigenvalue weighted by Crippen LogP contribution is 2.23. The third kappa shape index (κ3) is 2.10. The topological polar surface area (TPSA) is 66.2 Å². The van der Waals surface area contributed by atoms with Gasteiger partial charge in [-0.15, -0.1) is 11.3 Å². The molecule has 0 amide bonds. The van der Waals surface area contributed by atoms with Crippen molar-refractivity contribution in [3.63, 3.8) is 0 Å². The minimum Gasteiger partial charge on any atom is -0.772 e. The molecule has 0 spiro atoms. The van der Waals surface area contributed by atoms with Crippen LogP contribution in [0.1, 0.15) is 10.1 Å². The molecule has 0 aliphatic heterocycles. The van der Waals surface area contributed by atoms with Gasteiger partial charge in [-0.3, -0.25) is 4.21 Å². The number of hydrogen-bond acceptors (Lipinski definition) is 4. The maximum Gasteiger partial charge on any atom is 0.106 e. The summed E-state index contributed by atoms with van der Waals surface area (Å²) in [6.45, 7) is 0. The molecule has 66 valence electrons. The fourth-order valence-corrected chi connectivity index (χ4v) is 2.79. The summed E-state index contributed by atoms with van der Waals surface area (Å²) in [6.07, 6.45) is 0. The molecule has 0 fully saturated rings. The summed E-state index contributed by atoms with van der Waals surface area (Å²) in [5.74, 6) is 0. The van der Waals surface area contributed by atoms with E-state index in [0.29, 0.717) is 4.88 Å². The smallest absolute Gasteiger partial charge is 0.106 e. The number of rotatable bonds is 3. The predicted molar refractivity (Wildman–Crippen MR) is 52.8 cm³/mol. The molecule has 0 radical (unpaired) electrons. The lowest BCUT2D eigenvalue weighted by molar-refractivity contribution is 0.534. The van der Waals surface area contributed by atoms with Crippen LogP contribution < -0.4 is 5.73 Å². The largest absolute Gasteiger partial charge is 0.772 e. The van der Waals surface area contributed by atoms with Crippen LogP contribution in [0.3, 0.4) is 0 Å². The number of nitrogens with two attached hydrogens (primary N) is 1. The highest BCUT2D eigenvalue weighted by atomic mass is 32.2. The van der Waals surface area contributed by atoms with Crippen LogP contribution in [0.5, 0.6) is 0 Å². The number of thiocarbonyl (C=S) groups is 1. The Morgan fingerprint density at radius 3 is 2.83 bits per heavy atom. The third-order valence-electron chi connectivity index (χ3n) is 1.25. The number of hydrogen-bond donors (Lipinski definition) is 1. The SMILES string of the molecule is NC(=S)[C@H](c1cccs1)S(=O)[O-]. The summed E-state index contributed by atoms with van der Waals surface area (Å²) in [4.78, 5) is 0.654. The maximum atomic E-state index is 10.7. The van der Waals surface area contributed by atoms with Crippen LogP contribution in [0.2, 0.25) is 0 Å². The first-order valence-electron chi connectivity index (χ1n) is 3.03. The highest BCUT2D eigenvalue weighted by molar-refractivity contribution is 7.85. The summed E-state index contributed by atoms with van der Waals surface area (Å²) >= 11 is 3.69. The van der Waals surface area contributed by atoms with Crippen molar-refractivity contribution in [2.45, 2.75) is 5.25 Å². The van der Waals surface area contributed by atoms with Crippen LogP contribution in [0, 0.1) is 0 Å². The lowest BCUT2D eigenvalue weighted by Crippen LogP contribution is -2.22. The molecule has 2 N–H and O–H groups in total. The molecular formula is C6H6NO2S3-. The first kappa shape index (κ1) is 9.79. The van der Waals surface area contributed by atoms with Gasteiger partial charge in [0, 0.05) is 4.88 Å². The Bertz CT molecular complexity index is 282. The Hall–Kier alpha value is -0.300. The third-order valence-corrected chi connectivity index (χ3v) is 3.62. The molecule has 3 nitrogen and oxygen atoms in total. The first-order valence-corrected chi connectivity index (χ1v) is 5.46. The zero-order valence-electron chi connectivity index (χ0n) is 5.93. The van der Waals surface area contributed by atoms with E-state index in [2.05, 4.69) is 12.2 Å². The Morgan fingerprint density at radius 2 is 2.50 bits per heavy atom. The Balaban J connectivity index is 2.96. The van der Waals surface area contributed by atoms with Crippen molar-refractivity contribution >= 4 is 39.6 Å². The van der Waals surface area contributed by atoms with E-state index in [0.717, 1.165) is 0 Å². The van der Waals surface area contributed by atoms with Crippen molar-refractivity contribution in [1.82, 2.24) is 0 Å². The van der Waals surface area contributed by atoms with Crippen LogP contribution in [-0.4, -0.2) is 13.8 Å². The molecule has 1 rings (SSSR count). The van der Waals surface area contributed by atoms with Gasteiger partial charge < -0.3 is 10.3 Å². The molecule has 1 heterocycles. The summed E-state index contributed by atoms with van der Waals surface area (Å²) in [7, 11) is 0. The minimum atomic E-state index is -2.27. The van der Waals surface area contributed by atoms with E-state index in [4.69, 9.17) is 5.73 Å². The van der Waals surface area contributed by atoms with Crippen LogP contribution in [0.15, 0.2) is 17.5 Å². The molecule has 0 bridgehead atoms. The Labute approximate surface area is 81.9 Å². The standard InChI is InChI=1S/C6H7NO2S3/c7-6(10)5(12(8)9)4-2-1-3-11-4/h1-3,5H,(H2,7,10)(H,8,9)/p-1/t5-/m0/s1. The van der Waals surface area contributed by atoms with E-state index in [1.54, 1.807) is 17.5 Å². The van der Waals surface area contributed by atoms with Crippen molar-refractivity contribution < 1.29 is 8.76 Å². The summed E-state index contributed by atoms with van der Waals surface area (Å²) < 4.78 is 21.4. The fourth-order valence-electron chi connectivity index (χ4n) is 0.770. The monoisotopic (exact) mass is 220 g/mol. The van der Waals surface area contributed by atoms with E-state index in [-0.39, 0.29) is 4.99 Å². The van der Waals surface area contributed by atoms with Gasteiger partial charge in [-0.2, -0.15) is 0 Å². The molecule has 12 heavy (non-hydrogen) atoms. The zero-order valence-corrected chi connectivity index (χ0v) is 8.38. The summed E-state index contributed by atoms with van der Waals surface area (Å²) in [6, 6.07) is 3.46. The van der Waals surface area contributed by atoms with Gasteiger partial charge in [0.1, 0.15) is 5.25 Å². The first-order chi connectivity index (χ1) is 5.63. The van der Waals surface area contributed by atoms with Crippen molar-refractivity contribution in [3.05, 3.63) is 22.4 Å². The van der Waals surface area contributed by atoms with Crippen LogP contribution in [0.25, 0.3) is 0 Å². The quantitative estimate of drug-likeness (QED) is 0.608. The molecule has 2 atom stereocenters. The molecule has 1 aromatic heterocycles. The normalized spacial score (nSPS) is 15.4. The van der Waals surface area contributed by atoms with E-state index < -0.39 is 16.3 Å². The van der Waals surface area contributed by atoms with Gasteiger partial charge in [0.05, 0.1) is 4.99 Å². The van der Waals surface area contributed by atoms with Crippen LogP contribution in [-0.2, 0) is 11.1 Å². The summed E-state index contributed by atoms with van der Waals surface area (Å²) in [5, 5.41) is 0.952. The fraction of sp³-hybridized carbons (Fsp3) is 0.167. The molecule has 0 saturated carbocycles. The predicted octanol–water partition coefficient (Wildman–Crippen LogP) is 0.954. The van der Waals surface area contributed by atoms with Crippen molar-refractivity contribution in [2.75, 3.05) is 0 Å². The molecule has 1 unspecified atom stereocenters. The minimum absolute atomic E-state index is 0.00853. The molecule has 0 saturated heterocycles. The molecule has 1 aromatic rings. The van der Waals surface area contributed by atoms with Gasteiger partial charge in [0.2, 0.25) is 0 Å². The molecular weight excluding hydrogens is 214 g/mol. The lowest BCUT2D eigenvalue weighted by Gasteiger charge is -2.16. The number of thiophene rings is 1. The van der Waals surface area contributed by atoms with Gasteiger partial charge in [0.15, 0.2) is 0 Å². The van der Waals surface area contributed by atoms with Gasteiger partial charge in [-0.25, -0.2) is 0 Å². The average molecular weight is 220 g/mol. The molecule has 0 aliphatic rings. The molecule has 6 heteroatoms. The second kappa shape index (κ2) is 4.08. The maximum absolute atomic E-state index is 10.7. The Morgan fingerprint density at radius 1 is 1.83 bits per heavy atom. The van der Waals surface area contributed by atoms with Gasteiger partial charge in [-0.05, 0) is 22.5 Å². The van der Waals surface area contributed by atoms with E-state index in [9.17, 15) is 8.76 Å². The second-order valence-corrected chi connectivity index (χ2v) is 4.50. The van der Waals surface area contributed by atoms with E-state index in [1.807, 2.05) is 0 Å². The lowest BCUT2D eigenvalue weighted by atomic mass is 10.3. The second-order valence-electron chi connectivity index (χ2n) is 2.06. The zero-order chi connectivity index (χ0) is 9.14. The van der Waals surface area contributed by atoms with E-state index in [1.165, 1.54) is 11.3 Å². The van der Waals surface area contributed by atoms with Crippen molar-refractivity contribution in [1.29, 1.82) is 0 Å². The van der Waals surface area contributed by atoms with Gasteiger partial charge in [-0.1, -0.05) is 18.3 Å². The van der Waals surface area contributed by atoms with E-state index >= 15 is 0 Å².